The summed E-state index contributed by atoms with van der Waals surface area (Å²) in [4.78, 5) is 0. The molecule has 4 heteroatoms. The van der Waals surface area contributed by atoms with Gasteiger partial charge in [-0.2, -0.15) is 13.2 Å². The van der Waals surface area contributed by atoms with Crippen LogP contribution in [0.3, 0.4) is 0 Å². The second kappa shape index (κ2) is 33.1. The number of allylic oxidation sites excluding steroid dienone is 13. The minimum atomic E-state index is -4.22. The van der Waals surface area contributed by atoms with E-state index in [0.29, 0.717) is 5.56 Å². The summed E-state index contributed by atoms with van der Waals surface area (Å²) in [6.07, 6.45) is 21.8. The molecule has 0 aliphatic heterocycles. The Bertz CT molecular complexity index is 2400. The van der Waals surface area contributed by atoms with Gasteiger partial charge < -0.3 is 0 Å². The number of unbranched alkanes of at least 4 members (excludes halogenated alkanes) is 1. The topological polar surface area (TPSA) is 0 Å². The average molecular weight is 955 g/mol. The first kappa shape index (κ1) is 63.5. The molecule has 0 bridgehead atoms. The Morgan fingerprint density at radius 2 is 1.28 bits per heavy atom. The molecule has 1 unspecified atom stereocenters. The Labute approximate surface area is 422 Å². The summed E-state index contributed by atoms with van der Waals surface area (Å²) in [7, 11) is 2.65. The fourth-order valence-electron chi connectivity index (χ4n) is 7.77. The van der Waals surface area contributed by atoms with Crippen molar-refractivity contribution in [1.82, 2.24) is 0 Å². The third-order valence-electron chi connectivity index (χ3n) is 11.5. The molecule has 1 atom stereocenters. The number of fused-ring (bicyclic) bond motifs is 3. The van der Waals surface area contributed by atoms with E-state index in [1.54, 1.807) is 19.1 Å². The maximum atomic E-state index is 12.0. The van der Waals surface area contributed by atoms with E-state index < -0.39 is 11.7 Å². The van der Waals surface area contributed by atoms with Gasteiger partial charge in [-0.25, -0.2) is 0 Å². The molecule has 0 radical (unpaired) electrons. The zero-order valence-electron chi connectivity index (χ0n) is 45.0. The highest BCUT2D eigenvalue weighted by Gasteiger charge is 2.37. The number of benzene rings is 4. The Hall–Kier alpha value is -5.50. The summed E-state index contributed by atoms with van der Waals surface area (Å²) < 4.78 is 35.9. The Kier molecular flexibility index (Phi) is 30.5. The molecular formula is C65H86F3P. The van der Waals surface area contributed by atoms with E-state index in [1.165, 1.54) is 102 Å². The van der Waals surface area contributed by atoms with Crippen LogP contribution in [0.15, 0.2) is 182 Å². The molecule has 0 amide bonds. The van der Waals surface area contributed by atoms with E-state index in [2.05, 4.69) is 191 Å². The number of rotatable bonds is 13. The maximum absolute atomic E-state index is 12.0. The molecule has 0 fully saturated rings. The fraction of sp³-hybridized carbons (Fsp3) is 0.323. The molecule has 0 N–H and O–H groups in total. The second-order valence-corrected chi connectivity index (χ2v) is 17.8. The molecule has 0 heterocycles. The summed E-state index contributed by atoms with van der Waals surface area (Å²) in [5.74, 6) is 0. The lowest BCUT2D eigenvalue weighted by Gasteiger charge is -2.23. The van der Waals surface area contributed by atoms with E-state index in [1.807, 2.05) is 44.2 Å². The third-order valence-corrected chi connectivity index (χ3v) is 11.9. The fourth-order valence-corrected chi connectivity index (χ4v) is 7.97. The highest BCUT2D eigenvalue weighted by molar-refractivity contribution is 7.27. The number of aryl methyl sites for hydroxylation is 4. The zero-order chi connectivity index (χ0) is 52.9. The van der Waals surface area contributed by atoms with Gasteiger partial charge in [0.1, 0.15) is 0 Å². The van der Waals surface area contributed by atoms with Gasteiger partial charge in [-0.1, -0.05) is 232 Å². The lowest BCUT2D eigenvalue weighted by molar-refractivity contribution is -0.137. The van der Waals surface area contributed by atoms with Crippen LogP contribution in [0.5, 0.6) is 0 Å². The van der Waals surface area contributed by atoms with Crippen molar-refractivity contribution in [3.63, 3.8) is 0 Å². The van der Waals surface area contributed by atoms with Crippen molar-refractivity contribution in [2.45, 2.75) is 141 Å². The van der Waals surface area contributed by atoms with Gasteiger partial charge in [0.25, 0.3) is 0 Å². The lowest BCUT2D eigenvalue weighted by Crippen LogP contribution is -2.15. The van der Waals surface area contributed by atoms with E-state index in [0.717, 1.165) is 31.4 Å². The highest BCUT2D eigenvalue weighted by Crippen LogP contribution is 2.52. The smallest absolute Gasteiger partial charge is 0.166 e. The van der Waals surface area contributed by atoms with Crippen molar-refractivity contribution in [2.75, 3.05) is 0 Å². The minimum absolute atomic E-state index is 0.0406. The molecule has 4 aromatic carbocycles. The summed E-state index contributed by atoms with van der Waals surface area (Å²) in [5, 5.41) is 1.25. The van der Waals surface area contributed by atoms with Gasteiger partial charge in [0.15, 0.2) is 0 Å². The maximum Gasteiger partial charge on any atom is 0.416 e. The third kappa shape index (κ3) is 20.2. The first-order valence-corrected chi connectivity index (χ1v) is 25.0. The van der Waals surface area contributed by atoms with E-state index in [4.69, 9.17) is 0 Å². The van der Waals surface area contributed by atoms with Crippen molar-refractivity contribution in [1.29, 1.82) is 0 Å². The molecule has 0 saturated carbocycles. The predicted molar refractivity (Wildman–Crippen MR) is 310 cm³/mol. The molecular weight excluding hydrogens is 869 g/mol. The number of hydrogen-bond donors (Lipinski definition) is 0. The van der Waals surface area contributed by atoms with E-state index in [-0.39, 0.29) is 5.41 Å². The van der Waals surface area contributed by atoms with Gasteiger partial charge in [0, 0.05) is 5.41 Å². The number of alkyl halides is 3. The second-order valence-electron chi connectivity index (χ2n) is 17.1. The first-order valence-electron chi connectivity index (χ1n) is 24.5. The molecule has 4 aromatic rings. The van der Waals surface area contributed by atoms with Gasteiger partial charge in [0.05, 0.1) is 5.56 Å². The minimum Gasteiger partial charge on any atom is -0.166 e. The summed E-state index contributed by atoms with van der Waals surface area (Å²) in [5.41, 5.74) is 18.7. The summed E-state index contributed by atoms with van der Waals surface area (Å²) in [6.45, 7) is 48.7. The van der Waals surface area contributed by atoms with Crippen molar-refractivity contribution in [3.8, 4) is 11.1 Å². The summed E-state index contributed by atoms with van der Waals surface area (Å²) >= 11 is 0. The molecule has 5 rings (SSSR count). The quantitative estimate of drug-likeness (QED) is 0.0925. The van der Waals surface area contributed by atoms with Gasteiger partial charge in [-0.3, -0.25) is 0 Å². The Morgan fingerprint density at radius 3 is 1.70 bits per heavy atom. The van der Waals surface area contributed by atoms with Crippen LogP contribution in [0, 0.1) is 27.7 Å². The van der Waals surface area contributed by atoms with Crippen LogP contribution in [0.25, 0.3) is 23.3 Å². The largest absolute Gasteiger partial charge is 0.416 e. The van der Waals surface area contributed by atoms with E-state index in [9.17, 15) is 13.2 Å². The van der Waals surface area contributed by atoms with Crippen molar-refractivity contribution >= 4 is 26.7 Å². The van der Waals surface area contributed by atoms with Crippen LogP contribution in [-0.4, -0.2) is 0 Å². The molecule has 69 heavy (non-hydrogen) atoms. The molecule has 0 aromatic heterocycles. The van der Waals surface area contributed by atoms with Gasteiger partial charge in [-0.05, 0) is 152 Å². The van der Waals surface area contributed by atoms with Crippen LogP contribution >= 0.6 is 9.24 Å². The van der Waals surface area contributed by atoms with Crippen LogP contribution < -0.4 is 5.30 Å². The SMILES string of the molecule is C=C/C(C)=C(\C=C/C)C(/CC)=C(/C=C\C)CCCC.C=C/C=C(\C=C)CC.C=Cc1c(C)cc2c(c1C=C)-c1ccc(C)cc1C2(C)C.CC.Cc1ccc(P)cc1.Cc1cccc(C(F)(F)F)c1. The molecule has 0 nitrogen and oxygen atoms in total. The molecule has 0 spiro atoms. The lowest BCUT2D eigenvalue weighted by atomic mass is 9.80. The number of hydrogen-bond acceptors (Lipinski definition) is 0. The number of halogens is 3. The van der Waals surface area contributed by atoms with Crippen LogP contribution in [0.4, 0.5) is 13.2 Å². The average Bonchev–Trinajstić information content (AvgIpc) is 3.55. The molecule has 1 aliphatic rings. The highest BCUT2D eigenvalue weighted by atomic mass is 31.0. The van der Waals surface area contributed by atoms with Gasteiger partial charge in [0.2, 0.25) is 0 Å². The molecule has 0 saturated heterocycles. The molecule has 372 valence electrons. The first-order chi connectivity index (χ1) is 32.7. The van der Waals surface area contributed by atoms with Crippen LogP contribution in [0.2, 0.25) is 0 Å². The van der Waals surface area contributed by atoms with Gasteiger partial charge >= 0.3 is 6.18 Å². The van der Waals surface area contributed by atoms with E-state index >= 15 is 0 Å². The van der Waals surface area contributed by atoms with Crippen molar-refractivity contribution in [3.05, 3.63) is 232 Å². The normalized spacial score (nSPS) is 12.8. The van der Waals surface area contributed by atoms with Gasteiger partial charge in [-0.15, -0.1) is 9.24 Å². The van der Waals surface area contributed by atoms with Crippen molar-refractivity contribution in [2.24, 2.45) is 0 Å². The predicted octanol–water partition coefficient (Wildman–Crippen LogP) is 20.7. The molecule has 1 aliphatic carbocycles. The Balaban J connectivity index is 0.000000877. The standard InChI is InChI=1S/C21H22.C19H30.C8H7F3.C8H12.C7H9P.C2H6/c1-7-15-14(4)12-19-20(16(15)8-2)17-10-9-13(3)11-18(17)21(19,5)6;1-7-12-15-17(13-8-2)18(11-5)19(14-9-3)16(6)10-4;1-6-3-2-4-7(5-6)8(9,10)11;1-4-7-8(5-2)6-3;1-6-2-4-7(8)5-3-6;1-2/h7-12H,1-2H2,3-6H3;8-10,13-14H,4,7,11-12,15H2,1-3,5-6H3;2-5H,1H3;4-5,7H,1-2,6H2,3H3;2-5H,8H2,1H3;1-2H3/b;13-8-,14-9-,18-17-,19-16+;;8-7+;;. The zero-order valence-corrected chi connectivity index (χ0v) is 46.1. The van der Waals surface area contributed by atoms with Crippen LogP contribution in [0.1, 0.15) is 151 Å². The van der Waals surface area contributed by atoms with Crippen molar-refractivity contribution < 1.29 is 13.2 Å². The monoisotopic (exact) mass is 955 g/mol. The Morgan fingerprint density at radius 1 is 0.696 bits per heavy atom. The van der Waals surface area contributed by atoms with Crippen LogP contribution in [-0.2, 0) is 11.6 Å². The summed E-state index contributed by atoms with van der Waals surface area (Å²) in [6, 6.07) is 22.7.